The fraction of sp³-hybridized carbons (Fsp3) is 1.00. The van der Waals surface area contributed by atoms with Gasteiger partial charge in [0.05, 0.1) is 65.4 Å². The average Bonchev–Trinajstić information content (AvgIpc) is 3.38. The fourth-order valence-corrected chi connectivity index (χ4v) is 7.26. The second kappa shape index (κ2) is 7.48. The second-order valence-corrected chi connectivity index (χ2v) is 9.32. The van der Waals surface area contributed by atoms with Gasteiger partial charge in [0.1, 0.15) is 0 Å². The van der Waals surface area contributed by atoms with Gasteiger partial charge in [-0.2, -0.15) is 0 Å². The Hall–Kier alpha value is 1.22. The lowest BCUT2D eigenvalue weighted by molar-refractivity contribution is -0.942. The number of quaternary nitrogens is 2. The van der Waals surface area contributed by atoms with E-state index in [4.69, 9.17) is 0 Å². The van der Waals surface area contributed by atoms with Gasteiger partial charge >= 0.3 is 0 Å². The Labute approximate surface area is 192 Å². The first-order valence-electron chi connectivity index (χ1n) is 10.5. The molecule has 26 heavy (non-hydrogen) atoms. The van der Waals surface area contributed by atoms with Gasteiger partial charge in [-0.3, -0.25) is 8.97 Å². The summed E-state index contributed by atoms with van der Waals surface area (Å²) in [5.74, 6) is 0. The Morgan fingerprint density at radius 1 is 0.500 bits per heavy atom. The predicted octanol–water partition coefficient (Wildman–Crippen LogP) is -6.74. The van der Waals surface area contributed by atoms with Gasteiger partial charge in [-0.1, -0.05) is 0 Å². The molecule has 8 heteroatoms. The molecule has 0 spiro atoms. The van der Waals surface area contributed by atoms with Gasteiger partial charge in [0.15, 0.2) is 0 Å². The van der Waals surface area contributed by atoms with E-state index in [2.05, 4.69) is 19.6 Å². The molecule has 0 atom stereocenters. The third-order valence-corrected chi connectivity index (χ3v) is 8.42. The summed E-state index contributed by atoms with van der Waals surface area (Å²) < 4.78 is 2.84. The van der Waals surface area contributed by atoms with Crippen LogP contribution in [0, 0.1) is 0 Å². The molecular formula is C18H34I2N6. The molecule has 0 bridgehead atoms. The van der Waals surface area contributed by atoms with Crippen LogP contribution in [0.4, 0.5) is 0 Å². The Morgan fingerprint density at radius 3 is 1.12 bits per heavy atom. The molecule has 6 nitrogen and oxygen atoms in total. The third kappa shape index (κ3) is 2.84. The Morgan fingerprint density at radius 2 is 0.808 bits per heavy atom. The van der Waals surface area contributed by atoms with Crippen molar-refractivity contribution in [1.82, 2.24) is 19.6 Å². The van der Waals surface area contributed by atoms with E-state index >= 15 is 0 Å². The number of nitrogens with zero attached hydrogens (tertiary/aromatic N) is 6. The molecule has 0 aromatic rings. The van der Waals surface area contributed by atoms with Crippen LogP contribution >= 0.6 is 0 Å². The lowest BCUT2D eigenvalue weighted by Gasteiger charge is -2.36. The number of hydrogen-bond donors (Lipinski definition) is 0. The molecule has 6 aliphatic heterocycles. The molecule has 0 radical (unpaired) electrons. The average molecular weight is 588 g/mol. The zero-order chi connectivity index (χ0) is 15.8. The molecule has 0 aliphatic carbocycles. The Balaban J connectivity index is 0.000000841. The second-order valence-electron chi connectivity index (χ2n) is 9.32. The van der Waals surface area contributed by atoms with Crippen LogP contribution in [0.2, 0.25) is 0 Å². The van der Waals surface area contributed by atoms with Gasteiger partial charge in [0.2, 0.25) is 12.6 Å². The summed E-state index contributed by atoms with van der Waals surface area (Å²) in [6.07, 6.45) is 4.45. The minimum Gasteiger partial charge on any atom is -1.00 e. The first kappa shape index (κ1) is 20.5. The fourth-order valence-electron chi connectivity index (χ4n) is 7.26. The zero-order valence-electron chi connectivity index (χ0n) is 15.9. The van der Waals surface area contributed by atoms with E-state index in [0.29, 0.717) is 0 Å². The standard InChI is InChI=1S/C18H34N6.2HI/c1(11-23-13-7-19-3-4-20(8-14-23)17(19)23)2-12-24-15-9-21-5-6-22(10-16-24)18(21)24;;/h17-18H,1-16H2;2*1H/q+2;;/p-2. The maximum absolute atomic E-state index is 2.77. The van der Waals surface area contributed by atoms with E-state index in [1.54, 1.807) is 0 Å². The van der Waals surface area contributed by atoms with Gasteiger partial charge in [-0.15, -0.1) is 0 Å². The molecule has 0 aromatic heterocycles. The maximum Gasteiger partial charge on any atom is 0.205 e. The van der Waals surface area contributed by atoms with Crippen LogP contribution in [-0.4, -0.2) is 133 Å². The molecule has 6 heterocycles. The van der Waals surface area contributed by atoms with Gasteiger partial charge in [0, 0.05) is 39.0 Å². The van der Waals surface area contributed by atoms with Crippen LogP contribution < -0.4 is 48.0 Å². The summed E-state index contributed by atoms with van der Waals surface area (Å²) in [6.45, 7) is 19.3. The number of unbranched alkanes of at least 4 members (excludes halogenated alkanes) is 1. The van der Waals surface area contributed by atoms with Crippen molar-refractivity contribution in [3.8, 4) is 0 Å². The highest BCUT2D eigenvalue weighted by Crippen LogP contribution is 2.38. The summed E-state index contributed by atoms with van der Waals surface area (Å²) in [6, 6.07) is 0. The van der Waals surface area contributed by atoms with E-state index in [9.17, 15) is 0 Å². The molecule has 0 saturated carbocycles. The topological polar surface area (TPSA) is 13.0 Å². The van der Waals surface area contributed by atoms with Crippen molar-refractivity contribution >= 4 is 0 Å². The van der Waals surface area contributed by atoms with Crippen LogP contribution in [0.25, 0.3) is 0 Å². The van der Waals surface area contributed by atoms with Gasteiger partial charge < -0.3 is 48.0 Å². The molecule has 0 N–H and O–H groups in total. The van der Waals surface area contributed by atoms with Crippen molar-refractivity contribution in [3.05, 3.63) is 0 Å². The molecule has 150 valence electrons. The summed E-state index contributed by atoms with van der Waals surface area (Å²) in [5.41, 5.74) is 0. The van der Waals surface area contributed by atoms with E-state index < -0.39 is 0 Å². The largest absolute Gasteiger partial charge is 1.00 e. The Bertz CT molecular complexity index is 456. The van der Waals surface area contributed by atoms with E-state index in [1.807, 2.05) is 0 Å². The third-order valence-electron chi connectivity index (χ3n) is 8.42. The first-order chi connectivity index (χ1) is 11.8. The minimum absolute atomic E-state index is 0. The smallest absolute Gasteiger partial charge is 0.205 e. The minimum atomic E-state index is 0. The molecule has 6 fully saturated rings. The first-order valence-corrected chi connectivity index (χ1v) is 10.5. The summed E-state index contributed by atoms with van der Waals surface area (Å²) in [7, 11) is 0. The highest BCUT2D eigenvalue weighted by atomic mass is 127. The van der Waals surface area contributed by atoms with Gasteiger partial charge in [0.25, 0.3) is 0 Å². The quantitative estimate of drug-likeness (QED) is 0.180. The summed E-state index contributed by atoms with van der Waals surface area (Å²) >= 11 is 0. The monoisotopic (exact) mass is 588 g/mol. The maximum atomic E-state index is 2.77. The molecule has 0 unspecified atom stereocenters. The predicted molar refractivity (Wildman–Crippen MR) is 92.8 cm³/mol. The lowest BCUT2D eigenvalue weighted by atomic mass is 10.2. The van der Waals surface area contributed by atoms with Crippen molar-refractivity contribution in [2.24, 2.45) is 0 Å². The van der Waals surface area contributed by atoms with Crippen molar-refractivity contribution in [1.29, 1.82) is 0 Å². The molecule has 6 saturated heterocycles. The van der Waals surface area contributed by atoms with E-state index in [1.165, 1.54) is 113 Å². The van der Waals surface area contributed by atoms with Crippen LogP contribution in [0.5, 0.6) is 0 Å². The highest BCUT2D eigenvalue weighted by molar-refractivity contribution is 4.87. The zero-order valence-corrected chi connectivity index (χ0v) is 20.2. The highest BCUT2D eigenvalue weighted by Gasteiger charge is 2.58. The normalized spacial score (nSPS) is 44.3. The Kier molecular flexibility index (Phi) is 5.89. The van der Waals surface area contributed by atoms with Crippen LogP contribution in [0.3, 0.4) is 0 Å². The van der Waals surface area contributed by atoms with E-state index in [0.717, 1.165) is 12.6 Å². The van der Waals surface area contributed by atoms with Gasteiger partial charge in [-0.05, 0) is 0 Å². The van der Waals surface area contributed by atoms with Crippen molar-refractivity contribution < 1.29 is 56.9 Å². The van der Waals surface area contributed by atoms with E-state index in [-0.39, 0.29) is 48.0 Å². The van der Waals surface area contributed by atoms with Crippen LogP contribution in [0.15, 0.2) is 0 Å². The van der Waals surface area contributed by atoms with Crippen LogP contribution in [-0.2, 0) is 0 Å². The molecule has 0 amide bonds. The number of halogens is 2. The summed E-state index contributed by atoms with van der Waals surface area (Å²) in [4.78, 5) is 11.1. The van der Waals surface area contributed by atoms with Crippen molar-refractivity contribution in [2.75, 3.05) is 91.6 Å². The molecular weight excluding hydrogens is 554 g/mol. The SMILES string of the molecule is C(CC[N+]12CCN3CCN(CC1)C32)C[N+]12CCN3CCN(CC1)C32.[I-].[I-]. The summed E-state index contributed by atoms with van der Waals surface area (Å²) in [5, 5.41) is 0. The molecule has 0 aromatic carbocycles. The van der Waals surface area contributed by atoms with Gasteiger partial charge in [-0.25, -0.2) is 19.6 Å². The molecule has 6 rings (SSSR count). The van der Waals surface area contributed by atoms with Crippen LogP contribution in [0.1, 0.15) is 12.8 Å². The number of hydrogen-bond acceptors (Lipinski definition) is 4. The van der Waals surface area contributed by atoms with Crippen molar-refractivity contribution in [2.45, 2.75) is 25.4 Å². The van der Waals surface area contributed by atoms with Crippen molar-refractivity contribution in [3.63, 3.8) is 0 Å². The lowest BCUT2D eigenvalue weighted by Crippen LogP contribution is -3.00. The number of rotatable bonds is 5. The molecule has 6 aliphatic rings.